The molecule has 2 saturated carbocycles. The van der Waals surface area contributed by atoms with Gasteiger partial charge in [0.05, 0.1) is 6.61 Å². The molecule has 1 aromatic rings. The molecule has 2 aliphatic rings. The van der Waals surface area contributed by atoms with Crippen molar-refractivity contribution in [3.63, 3.8) is 0 Å². The maximum absolute atomic E-state index is 14.7. The first-order chi connectivity index (χ1) is 12.1. The number of carbonyl (C=O) groups is 1. The Kier molecular flexibility index (Phi) is 6.38. The molecule has 1 aromatic carbocycles. The number of aldehydes is 1. The van der Waals surface area contributed by atoms with Gasteiger partial charge in [-0.1, -0.05) is 17.7 Å². The first-order valence-electron chi connectivity index (χ1n) is 9.70. The van der Waals surface area contributed by atoms with Crippen molar-refractivity contribution in [2.75, 3.05) is 6.61 Å². The Morgan fingerprint density at radius 2 is 1.68 bits per heavy atom. The van der Waals surface area contributed by atoms with E-state index in [0.29, 0.717) is 12.4 Å². The molecule has 0 radical (unpaired) electrons. The summed E-state index contributed by atoms with van der Waals surface area (Å²) < 4.78 is 20.0. The monoisotopic (exact) mass is 366 g/mol. The van der Waals surface area contributed by atoms with Crippen molar-refractivity contribution in [1.82, 2.24) is 0 Å². The van der Waals surface area contributed by atoms with Crippen LogP contribution in [0.5, 0.6) is 5.75 Å². The van der Waals surface area contributed by atoms with Gasteiger partial charge < -0.3 is 9.53 Å². The zero-order valence-corrected chi connectivity index (χ0v) is 15.7. The Morgan fingerprint density at radius 3 is 2.24 bits per heavy atom. The second-order valence-electron chi connectivity index (χ2n) is 7.64. The number of ether oxygens (including phenoxy) is 1. The molecule has 3 rings (SSSR count). The summed E-state index contributed by atoms with van der Waals surface area (Å²) in [6.07, 6.45) is 9.97. The number of carbonyl (C=O) groups excluding carboxylic acids is 1. The molecule has 0 saturated heterocycles. The molecule has 2 fully saturated rings. The van der Waals surface area contributed by atoms with E-state index in [-0.39, 0.29) is 22.7 Å². The summed E-state index contributed by atoms with van der Waals surface area (Å²) in [6.45, 7) is 2.35. The summed E-state index contributed by atoms with van der Waals surface area (Å²) >= 11 is 6.15. The Morgan fingerprint density at radius 1 is 1.08 bits per heavy atom. The van der Waals surface area contributed by atoms with E-state index in [1.165, 1.54) is 12.8 Å². The van der Waals surface area contributed by atoms with Crippen molar-refractivity contribution in [2.24, 2.45) is 17.8 Å². The van der Waals surface area contributed by atoms with Crippen molar-refractivity contribution in [1.29, 1.82) is 0 Å². The third kappa shape index (κ3) is 4.19. The van der Waals surface area contributed by atoms with Crippen LogP contribution in [0.4, 0.5) is 4.39 Å². The first kappa shape index (κ1) is 18.7. The minimum atomic E-state index is -0.303. The Balaban J connectivity index is 1.59. The molecular weight excluding hydrogens is 339 g/mol. The van der Waals surface area contributed by atoms with E-state index < -0.39 is 0 Å². The molecule has 0 atom stereocenters. The van der Waals surface area contributed by atoms with Crippen LogP contribution in [0.1, 0.15) is 69.8 Å². The average molecular weight is 367 g/mol. The Labute approximate surface area is 155 Å². The minimum Gasteiger partial charge on any atom is -0.492 e. The van der Waals surface area contributed by atoms with Crippen LogP contribution in [0.3, 0.4) is 0 Å². The second-order valence-corrected chi connectivity index (χ2v) is 8.01. The van der Waals surface area contributed by atoms with E-state index in [0.717, 1.165) is 62.2 Å². The summed E-state index contributed by atoms with van der Waals surface area (Å²) in [4.78, 5) is 10.9. The highest BCUT2D eigenvalue weighted by molar-refractivity contribution is 6.32. The maximum atomic E-state index is 14.7. The predicted octanol–water partition coefficient (Wildman–Crippen LogP) is 6.16. The summed E-state index contributed by atoms with van der Waals surface area (Å²) in [5, 5.41) is 0.119. The molecule has 0 spiro atoms. The van der Waals surface area contributed by atoms with E-state index >= 15 is 0 Å². The highest BCUT2D eigenvalue weighted by Crippen LogP contribution is 2.45. The smallest absolute Gasteiger partial charge is 0.149 e. The maximum Gasteiger partial charge on any atom is 0.149 e. The molecule has 2 aliphatic carbocycles. The zero-order valence-electron chi connectivity index (χ0n) is 15.0. The number of benzene rings is 1. The fraction of sp³-hybridized carbons (Fsp3) is 0.667. The average Bonchev–Trinajstić information content (AvgIpc) is 2.66. The van der Waals surface area contributed by atoms with E-state index in [1.807, 2.05) is 13.0 Å². The fourth-order valence-corrected chi connectivity index (χ4v) is 5.01. The van der Waals surface area contributed by atoms with Gasteiger partial charge in [0, 0.05) is 5.92 Å². The third-order valence-corrected chi connectivity index (χ3v) is 6.62. The van der Waals surface area contributed by atoms with E-state index in [1.54, 1.807) is 6.07 Å². The number of hydrogen-bond acceptors (Lipinski definition) is 2. The molecule has 0 aliphatic heterocycles. The molecule has 0 amide bonds. The molecule has 0 unspecified atom stereocenters. The zero-order chi connectivity index (χ0) is 17.8. The number of rotatable bonds is 5. The van der Waals surface area contributed by atoms with E-state index in [4.69, 9.17) is 16.3 Å². The van der Waals surface area contributed by atoms with Gasteiger partial charge in [0.2, 0.25) is 0 Å². The van der Waals surface area contributed by atoms with Crippen LogP contribution in [-0.2, 0) is 4.79 Å². The number of hydrogen-bond donors (Lipinski definition) is 0. The molecule has 0 N–H and O–H groups in total. The molecule has 2 nitrogen and oxygen atoms in total. The van der Waals surface area contributed by atoms with Gasteiger partial charge in [-0.05, 0) is 87.7 Å². The molecule has 0 heterocycles. The van der Waals surface area contributed by atoms with Gasteiger partial charge in [0.1, 0.15) is 22.9 Å². The lowest BCUT2D eigenvalue weighted by molar-refractivity contribution is -0.112. The summed E-state index contributed by atoms with van der Waals surface area (Å²) in [6, 6.07) is 3.66. The molecule has 4 heteroatoms. The van der Waals surface area contributed by atoms with Gasteiger partial charge in [0.25, 0.3) is 0 Å². The lowest BCUT2D eigenvalue weighted by atomic mass is 9.68. The van der Waals surface area contributed by atoms with Crippen LogP contribution >= 0.6 is 11.6 Å². The lowest BCUT2D eigenvalue weighted by Gasteiger charge is -2.37. The topological polar surface area (TPSA) is 26.3 Å². The van der Waals surface area contributed by atoms with Crippen molar-refractivity contribution in [2.45, 2.75) is 64.2 Å². The molecule has 0 bridgehead atoms. The standard InChI is InChI=1S/C21H28ClFO2/c1-2-25-19-12-11-18(21(23)20(19)22)17-9-7-16(8-10-17)15-5-3-14(13-24)4-6-15/h11-17H,2-10H2,1H3. The normalized spacial score (nSPS) is 30.0. The van der Waals surface area contributed by atoms with E-state index in [2.05, 4.69) is 0 Å². The van der Waals surface area contributed by atoms with Crippen LogP contribution in [0.2, 0.25) is 5.02 Å². The Bertz CT molecular complexity index is 588. The lowest BCUT2D eigenvalue weighted by Crippen LogP contribution is -2.26. The summed E-state index contributed by atoms with van der Waals surface area (Å²) in [5.41, 5.74) is 0.747. The van der Waals surface area contributed by atoms with Gasteiger partial charge in [-0.25, -0.2) is 4.39 Å². The summed E-state index contributed by atoms with van der Waals surface area (Å²) in [5.74, 6) is 2.17. The van der Waals surface area contributed by atoms with Crippen LogP contribution in [0, 0.1) is 23.6 Å². The highest BCUT2D eigenvalue weighted by atomic mass is 35.5. The van der Waals surface area contributed by atoms with Gasteiger partial charge >= 0.3 is 0 Å². The van der Waals surface area contributed by atoms with Gasteiger partial charge in [-0.15, -0.1) is 0 Å². The Hall–Kier alpha value is -1.09. The second kappa shape index (κ2) is 8.53. The first-order valence-corrected chi connectivity index (χ1v) is 10.1. The largest absolute Gasteiger partial charge is 0.492 e. The van der Waals surface area contributed by atoms with Crippen LogP contribution in [0.15, 0.2) is 12.1 Å². The fourth-order valence-electron chi connectivity index (χ4n) is 4.78. The SMILES string of the molecule is CCOc1ccc(C2CCC(C3CCC(C=O)CC3)CC2)c(F)c1Cl. The molecular formula is C21H28ClFO2. The van der Waals surface area contributed by atoms with Crippen LogP contribution in [0.25, 0.3) is 0 Å². The minimum absolute atomic E-state index is 0.119. The van der Waals surface area contributed by atoms with Crippen molar-refractivity contribution >= 4 is 17.9 Å². The quantitative estimate of drug-likeness (QED) is 0.583. The summed E-state index contributed by atoms with van der Waals surface area (Å²) in [7, 11) is 0. The number of halogens is 2. The third-order valence-electron chi connectivity index (χ3n) is 6.26. The van der Waals surface area contributed by atoms with Gasteiger partial charge in [0.15, 0.2) is 0 Å². The van der Waals surface area contributed by atoms with Crippen molar-refractivity contribution in [3.8, 4) is 5.75 Å². The van der Waals surface area contributed by atoms with Crippen molar-refractivity contribution < 1.29 is 13.9 Å². The predicted molar refractivity (Wildman–Crippen MR) is 98.8 cm³/mol. The molecule has 25 heavy (non-hydrogen) atoms. The van der Waals surface area contributed by atoms with Crippen molar-refractivity contribution in [3.05, 3.63) is 28.5 Å². The molecule has 0 aromatic heterocycles. The van der Waals surface area contributed by atoms with E-state index in [9.17, 15) is 9.18 Å². The van der Waals surface area contributed by atoms with Gasteiger partial charge in [-0.3, -0.25) is 0 Å². The van der Waals surface area contributed by atoms with Crippen LogP contribution in [-0.4, -0.2) is 12.9 Å². The molecule has 138 valence electrons. The highest BCUT2D eigenvalue weighted by Gasteiger charge is 2.32. The van der Waals surface area contributed by atoms with Gasteiger partial charge in [-0.2, -0.15) is 0 Å². The van der Waals surface area contributed by atoms with Crippen LogP contribution < -0.4 is 4.74 Å².